The highest BCUT2D eigenvalue weighted by Gasteiger charge is 2.11. The van der Waals surface area contributed by atoms with Gasteiger partial charge in [0.25, 0.3) is 0 Å². The molecule has 0 radical (unpaired) electrons. The molecule has 0 saturated heterocycles. The predicted molar refractivity (Wildman–Crippen MR) is 116 cm³/mol. The molecule has 1 aromatic carbocycles. The lowest BCUT2D eigenvalue weighted by molar-refractivity contribution is -0.128. The van der Waals surface area contributed by atoms with E-state index >= 15 is 0 Å². The number of nitrogens with zero attached hydrogens (tertiary/aromatic N) is 2. The largest absolute Gasteiger partial charge is 0.357 e. The van der Waals surface area contributed by atoms with E-state index in [1.54, 1.807) is 38.1 Å². The van der Waals surface area contributed by atoms with Crippen LogP contribution in [0.15, 0.2) is 28.1 Å². The monoisotopic (exact) mass is 496 g/mol. The van der Waals surface area contributed by atoms with Crippen LogP contribution in [-0.2, 0) is 21.2 Å². The first-order valence-corrected chi connectivity index (χ1v) is 10.1. The molecule has 26 heavy (non-hydrogen) atoms. The summed E-state index contributed by atoms with van der Waals surface area (Å²) in [5.74, 6) is 0.675. The second-order valence-electron chi connectivity index (χ2n) is 6.03. The fraction of sp³-hybridized carbons (Fsp3) is 0.529. The number of guanidine groups is 1. The van der Waals surface area contributed by atoms with Gasteiger partial charge >= 0.3 is 0 Å². The second-order valence-corrected chi connectivity index (χ2v) is 8.02. The van der Waals surface area contributed by atoms with Crippen LogP contribution < -0.4 is 10.6 Å². The predicted octanol–water partition coefficient (Wildman–Crippen LogP) is 1.55. The maximum atomic E-state index is 11.7. The molecule has 9 heteroatoms. The van der Waals surface area contributed by atoms with Crippen LogP contribution >= 0.6 is 24.0 Å². The summed E-state index contributed by atoms with van der Waals surface area (Å²) in [4.78, 5) is 18.0. The molecule has 0 bridgehead atoms. The van der Waals surface area contributed by atoms with Crippen molar-refractivity contribution in [1.29, 1.82) is 0 Å². The van der Waals surface area contributed by atoms with Gasteiger partial charge in [0.15, 0.2) is 15.8 Å². The molecule has 0 aliphatic heterocycles. The molecular weight excluding hydrogens is 467 g/mol. The molecule has 0 atom stereocenters. The van der Waals surface area contributed by atoms with Crippen LogP contribution in [0.25, 0.3) is 0 Å². The van der Waals surface area contributed by atoms with Crippen LogP contribution in [0.1, 0.15) is 24.5 Å². The number of hydrogen-bond acceptors (Lipinski definition) is 4. The summed E-state index contributed by atoms with van der Waals surface area (Å²) in [5.41, 5.74) is 1.64. The molecule has 1 amide bonds. The van der Waals surface area contributed by atoms with E-state index in [2.05, 4.69) is 15.6 Å². The van der Waals surface area contributed by atoms with Crippen molar-refractivity contribution >= 4 is 45.7 Å². The van der Waals surface area contributed by atoms with Gasteiger partial charge in [-0.05, 0) is 31.0 Å². The average molecular weight is 496 g/mol. The lowest BCUT2D eigenvalue weighted by Gasteiger charge is -2.13. The highest BCUT2D eigenvalue weighted by molar-refractivity contribution is 14.0. The van der Waals surface area contributed by atoms with Gasteiger partial charge in [0, 0.05) is 39.9 Å². The zero-order valence-corrected chi connectivity index (χ0v) is 19.1. The number of hydrogen-bond donors (Lipinski definition) is 2. The number of aryl methyl sites for hydroxylation is 1. The van der Waals surface area contributed by atoms with Gasteiger partial charge in [-0.2, -0.15) is 0 Å². The van der Waals surface area contributed by atoms with Gasteiger partial charge in [-0.25, -0.2) is 13.4 Å². The lowest BCUT2D eigenvalue weighted by Crippen LogP contribution is -2.39. The smallest absolute Gasteiger partial charge is 0.223 e. The van der Waals surface area contributed by atoms with Gasteiger partial charge < -0.3 is 15.5 Å². The number of rotatable bonds is 7. The Morgan fingerprint density at radius 2 is 1.88 bits per heavy atom. The van der Waals surface area contributed by atoms with Crippen LogP contribution in [0.2, 0.25) is 0 Å². The van der Waals surface area contributed by atoms with E-state index < -0.39 is 9.84 Å². The van der Waals surface area contributed by atoms with Crippen molar-refractivity contribution in [3.63, 3.8) is 0 Å². The molecule has 0 spiro atoms. The fourth-order valence-corrected chi connectivity index (χ4v) is 3.21. The van der Waals surface area contributed by atoms with E-state index in [9.17, 15) is 13.2 Å². The Hall–Kier alpha value is -1.36. The fourth-order valence-electron chi connectivity index (χ4n) is 2.25. The molecule has 1 rings (SSSR count). The summed E-state index contributed by atoms with van der Waals surface area (Å²) in [7, 11) is 0.239. The molecule has 0 heterocycles. The first-order chi connectivity index (χ1) is 11.6. The number of carbonyl (C=O) groups excluding carboxylic acids is 1. The van der Waals surface area contributed by atoms with E-state index in [4.69, 9.17) is 0 Å². The van der Waals surface area contributed by atoms with E-state index in [1.807, 2.05) is 13.0 Å². The van der Waals surface area contributed by atoms with Crippen molar-refractivity contribution in [3.8, 4) is 0 Å². The first kappa shape index (κ1) is 24.6. The minimum atomic E-state index is -3.21. The van der Waals surface area contributed by atoms with Gasteiger partial charge in [-0.3, -0.25) is 4.79 Å². The zero-order chi connectivity index (χ0) is 19.0. The summed E-state index contributed by atoms with van der Waals surface area (Å²) in [6, 6.07) is 5.22. The van der Waals surface area contributed by atoms with Crippen LogP contribution in [-0.4, -0.2) is 58.6 Å². The SMILES string of the molecule is CCNC(=NCc1ccc(S(C)(=O)=O)c(C)c1)NCCC(=O)N(C)C.I. The van der Waals surface area contributed by atoms with Gasteiger partial charge in [0.1, 0.15) is 0 Å². The van der Waals surface area contributed by atoms with Crippen molar-refractivity contribution in [2.24, 2.45) is 4.99 Å². The number of sulfone groups is 1. The second kappa shape index (κ2) is 11.4. The van der Waals surface area contributed by atoms with Gasteiger partial charge in [0.05, 0.1) is 11.4 Å². The maximum absolute atomic E-state index is 11.7. The minimum absolute atomic E-state index is 0. The third-order valence-corrected chi connectivity index (χ3v) is 4.79. The Balaban J connectivity index is 0.00000625. The molecule has 0 saturated carbocycles. The number of halogens is 1. The number of benzene rings is 1. The van der Waals surface area contributed by atoms with Crippen LogP contribution in [0.3, 0.4) is 0 Å². The van der Waals surface area contributed by atoms with E-state index in [0.717, 1.165) is 5.56 Å². The lowest BCUT2D eigenvalue weighted by atomic mass is 10.1. The van der Waals surface area contributed by atoms with E-state index in [0.29, 0.717) is 42.5 Å². The molecule has 0 aliphatic rings. The number of aliphatic imine (C=N–C) groups is 1. The molecule has 0 fully saturated rings. The van der Waals surface area contributed by atoms with Gasteiger partial charge in [-0.1, -0.05) is 12.1 Å². The molecule has 7 nitrogen and oxygen atoms in total. The maximum Gasteiger partial charge on any atom is 0.223 e. The Bertz CT molecular complexity index is 734. The molecule has 2 N–H and O–H groups in total. The van der Waals surface area contributed by atoms with E-state index in [-0.39, 0.29) is 29.9 Å². The topological polar surface area (TPSA) is 90.9 Å². The highest BCUT2D eigenvalue weighted by Crippen LogP contribution is 2.17. The standard InChI is InChI=1S/C17H28N4O3S.HI/c1-6-18-17(19-10-9-16(22)21(3)4)20-12-14-7-8-15(13(2)11-14)25(5,23)24;/h7-8,11H,6,9-10,12H2,1-5H3,(H2,18,19,20);1H. The van der Waals surface area contributed by atoms with Gasteiger partial charge in [-0.15, -0.1) is 24.0 Å². The van der Waals surface area contributed by atoms with Crippen molar-refractivity contribution in [2.75, 3.05) is 33.4 Å². The number of amides is 1. The molecular formula is C17H29IN4O3S. The Morgan fingerprint density at radius 1 is 1.23 bits per heavy atom. The van der Waals surface area contributed by atoms with Crippen molar-refractivity contribution < 1.29 is 13.2 Å². The summed E-state index contributed by atoms with van der Waals surface area (Å²) < 4.78 is 23.3. The minimum Gasteiger partial charge on any atom is -0.357 e. The zero-order valence-electron chi connectivity index (χ0n) is 16.0. The van der Waals surface area contributed by atoms with Crippen LogP contribution in [0, 0.1) is 6.92 Å². The first-order valence-electron chi connectivity index (χ1n) is 8.17. The summed E-state index contributed by atoms with van der Waals surface area (Å²) in [5, 5.41) is 6.25. The normalized spacial score (nSPS) is 11.5. The van der Waals surface area contributed by atoms with Crippen molar-refractivity contribution in [3.05, 3.63) is 29.3 Å². The Morgan fingerprint density at radius 3 is 2.38 bits per heavy atom. The van der Waals surface area contributed by atoms with Crippen molar-refractivity contribution in [2.45, 2.75) is 31.7 Å². The number of carbonyl (C=O) groups is 1. The summed E-state index contributed by atoms with van der Waals surface area (Å²) in [6.45, 7) is 5.36. The quantitative estimate of drug-likeness (QED) is 0.340. The average Bonchev–Trinajstić information content (AvgIpc) is 2.51. The summed E-state index contributed by atoms with van der Waals surface area (Å²) in [6.07, 6.45) is 1.59. The van der Waals surface area contributed by atoms with Crippen molar-refractivity contribution in [1.82, 2.24) is 15.5 Å². The Labute approximate surface area is 173 Å². The number of nitrogens with one attached hydrogen (secondary N) is 2. The highest BCUT2D eigenvalue weighted by atomic mass is 127. The van der Waals surface area contributed by atoms with E-state index in [1.165, 1.54) is 6.26 Å². The molecule has 0 aromatic heterocycles. The molecule has 1 aromatic rings. The summed E-state index contributed by atoms with van der Waals surface area (Å²) >= 11 is 0. The Kier molecular flexibility index (Phi) is 10.8. The van der Waals surface area contributed by atoms with Crippen LogP contribution in [0.4, 0.5) is 0 Å². The third-order valence-electron chi connectivity index (χ3n) is 3.53. The van der Waals surface area contributed by atoms with Gasteiger partial charge in [0.2, 0.25) is 5.91 Å². The third kappa shape index (κ3) is 8.35. The molecule has 148 valence electrons. The molecule has 0 unspecified atom stereocenters. The van der Waals surface area contributed by atoms with Crippen LogP contribution in [0.5, 0.6) is 0 Å². The molecule has 0 aliphatic carbocycles.